The second-order valence-electron chi connectivity index (χ2n) is 4.65. The minimum Gasteiger partial charge on any atom is -0.496 e. The summed E-state index contributed by atoms with van der Waals surface area (Å²) < 4.78 is 19.0. The summed E-state index contributed by atoms with van der Waals surface area (Å²) in [7, 11) is 1.46. The fraction of sp³-hybridized carbons (Fsp3) is 0.250. The van der Waals surface area contributed by atoms with Crippen LogP contribution in [0.3, 0.4) is 0 Å². The van der Waals surface area contributed by atoms with Crippen molar-refractivity contribution in [3.63, 3.8) is 0 Å². The molecule has 4 heteroatoms. The molecule has 2 nitrogen and oxygen atoms in total. The minimum atomic E-state index is -0.747. The molecule has 0 amide bonds. The number of methoxy groups -OCH3 is 1. The fourth-order valence-corrected chi connectivity index (χ4v) is 2.50. The lowest BCUT2D eigenvalue weighted by Crippen LogP contribution is -2.06. The van der Waals surface area contributed by atoms with Gasteiger partial charge < -0.3 is 9.84 Å². The summed E-state index contributed by atoms with van der Waals surface area (Å²) in [6.45, 7) is 2.00. The van der Waals surface area contributed by atoms with E-state index >= 15 is 0 Å². The number of aliphatic hydroxyl groups is 1. The van der Waals surface area contributed by atoms with Gasteiger partial charge in [-0.2, -0.15) is 0 Å². The first-order valence-corrected chi connectivity index (χ1v) is 7.07. The zero-order chi connectivity index (χ0) is 14.7. The Balaban J connectivity index is 2.32. The van der Waals surface area contributed by atoms with Gasteiger partial charge in [-0.05, 0) is 40.0 Å². The molecule has 1 unspecified atom stereocenters. The summed E-state index contributed by atoms with van der Waals surface area (Å²) in [5.41, 5.74) is 2.75. The van der Waals surface area contributed by atoms with Crippen molar-refractivity contribution in [2.75, 3.05) is 7.11 Å². The highest BCUT2D eigenvalue weighted by Crippen LogP contribution is 2.32. The molecule has 0 bridgehead atoms. The highest BCUT2D eigenvalue weighted by atomic mass is 79.9. The van der Waals surface area contributed by atoms with Gasteiger partial charge in [-0.1, -0.05) is 24.3 Å². The molecule has 1 N–H and O–H groups in total. The summed E-state index contributed by atoms with van der Waals surface area (Å²) in [5.74, 6) is -0.0551. The van der Waals surface area contributed by atoms with Gasteiger partial charge in [-0.25, -0.2) is 4.39 Å². The summed E-state index contributed by atoms with van der Waals surface area (Å²) in [4.78, 5) is 0. The van der Waals surface area contributed by atoms with Crippen LogP contribution in [-0.4, -0.2) is 12.2 Å². The van der Waals surface area contributed by atoms with Crippen LogP contribution < -0.4 is 4.74 Å². The molecule has 106 valence electrons. The molecule has 0 aliphatic heterocycles. The van der Waals surface area contributed by atoms with E-state index in [0.29, 0.717) is 22.2 Å². The lowest BCUT2D eigenvalue weighted by Gasteiger charge is -2.16. The number of aliphatic hydroxyl groups excluding tert-OH is 1. The molecule has 0 aliphatic rings. The van der Waals surface area contributed by atoms with Crippen molar-refractivity contribution in [1.82, 2.24) is 0 Å². The molecule has 0 saturated heterocycles. The van der Waals surface area contributed by atoms with Crippen molar-refractivity contribution in [2.45, 2.75) is 19.4 Å². The minimum absolute atomic E-state index is 0.317. The molecule has 0 radical (unpaired) electrons. The van der Waals surface area contributed by atoms with Crippen molar-refractivity contribution in [3.05, 3.63) is 63.4 Å². The summed E-state index contributed by atoms with van der Waals surface area (Å²) in [5, 5.41) is 10.4. The molecule has 0 heterocycles. The van der Waals surface area contributed by atoms with Gasteiger partial charge in [0.05, 0.1) is 17.7 Å². The Kier molecular flexibility index (Phi) is 4.78. The standard InChI is InChI=1S/C16H16BrFO2/c1-10-5-3-4-6-11(10)7-15(19)12-8-13(17)14(18)9-16(12)20-2/h3-6,8-9,15,19H,7H2,1-2H3. The molecule has 1 atom stereocenters. The first kappa shape index (κ1) is 15.0. The quantitative estimate of drug-likeness (QED) is 0.905. The Morgan fingerprint density at radius 2 is 2.00 bits per heavy atom. The maximum Gasteiger partial charge on any atom is 0.141 e. The Labute approximate surface area is 126 Å². The molecule has 2 aromatic carbocycles. The Bertz CT molecular complexity index is 613. The van der Waals surface area contributed by atoms with Crippen molar-refractivity contribution in [1.29, 1.82) is 0 Å². The topological polar surface area (TPSA) is 29.5 Å². The third kappa shape index (κ3) is 3.19. The summed E-state index contributed by atoms with van der Waals surface area (Å²) in [6, 6.07) is 10.7. The molecule has 20 heavy (non-hydrogen) atoms. The van der Waals surface area contributed by atoms with Gasteiger partial charge >= 0.3 is 0 Å². The smallest absolute Gasteiger partial charge is 0.141 e. The van der Waals surface area contributed by atoms with Gasteiger partial charge in [-0.15, -0.1) is 0 Å². The summed E-state index contributed by atoms with van der Waals surface area (Å²) >= 11 is 3.14. The zero-order valence-corrected chi connectivity index (χ0v) is 12.9. The van der Waals surface area contributed by atoms with Crippen LogP contribution in [0.25, 0.3) is 0 Å². The number of hydrogen-bond donors (Lipinski definition) is 1. The highest BCUT2D eigenvalue weighted by Gasteiger charge is 2.17. The SMILES string of the molecule is COc1cc(F)c(Br)cc1C(O)Cc1ccccc1C. The van der Waals surface area contributed by atoms with Crippen molar-refractivity contribution in [2.24, 2.45) is 0 Å². The van der Waals surface area contributed by atoms with Crippen LogP contribution in [0.15, 0.2) is 40.9 Å². The van der Waals surface area contributed by atoms with E-state index in [1.165, 1.54) is 13.2 Å². The van der Waals surface area contributed by atoms with E-state index in [1.54, 1.807) is 6.07 Å². The average Bonchev–Trinajstić information content (AvgIpc) is 2.43. The van der Waals surface area contributed by atoms with Crippen LogP contribution in [0.5, 0.6) is 5.75 Å². The Morgan fingerprint density at radius 3 is 2.65 bits per heavy atom. The van der Waals surface area contributed by atoms with Gasteiger partial charge in [0.1, 0.15) is 11.6 Å². The largest absolute Gasteiger partial charge is 0.496 e. The lowest BCUT2D eigenvalue weighted by molar-refractivity contribution is 0.173. The highest BCUT2D eigenvalue weighted by molar-refractivity contribution is 9.10. The maximum absolute atomic E-state index is 13.5. The third-order valence-corrected chi connectivity index (χ3v) is 3.91. The van der Waals surface area contributed by atoms with Crippen LogP contribution in [0.1, 0.15) is 22.8 Å². The second kappa shape index (κ2) is 6.37. The van der Waals surface area contributed by atoms with Crippen molar-refractivity contribution in [3.8, 4) is 5.75 Å². The normalized spacial score (nSPS) is 12.2. The molecule has 0 spiro atoms. The van der Waals surface area contributed by atoms with Gasteiger partial charge in [-0.3, -0.25) is 0 Å². The molecule has 2 rings (SSSR count). The van der Waals surface area contributed by atoms with E-state index in [2.05, 4.69) is 15.9 Å². The van der Waals surface area contributed by atoms with Crippen molar-refractivity contribution >= 4 is 15.9 Å². The molecule has 0 aliphatic carbocycles. The first-order chi connectivity index (χ1) is 9.52. The van der Waals surface area contributed by atoms with E-state index in [9.17, 15) is 9.50 Å². The number of benzene rings is 2. The maximum atomic E-state index is 13.5. The number of ether oxygens (including phenoxy) is 1. The van der Waals surface area contributed by atoms with Crippen LogP contribution >= 0.6 is 15.9 Å². The average molecular weight is 339 g/mol. The first-order valence-electron chi connectivity index (χ1n) is 6.28. The van der Waals surface area contributed by atoms with E-state index < -0.39 is 11.9 Å². The van der Waals surface area contributed by atoms with E-state index in [4.69, 9.17) is 4.74 Å². The van der Waals surface area contributed by atoms with E-state index in [0.717, 1.165) is 11.1 Å². The van der Waals surface area contributed by atoms with Gasteiger partial charge in [0, 0.05) is 18.1 Å². The molecular weight excluding hydrogens is 323 g/mol. The van der Waals surface area contributed by atoms with E-state index in [-0.39, 0.29) is 0 Å². The predicted octanol–water partition coefficient (Wildman–Crippen LogP) is 4.18. The van der Waals surface area contributed by atoms with Crippen molar-refractivity contribution < 1.29 is 14.2 Å². The van der Waals surface area contributed by atoms with Crippen LogP contribution in [0.4, 0.5) is 4.39 Å². The van der Waals surface area contributed by atoms with Crippen LogP contribution in [0.2, 0.25) is 0 Å². The molecule has 0 aromatic heterocycles. The Morgan fingerprint density at radius 1 is 1.30 bits per heavy atom. The van der Waals surface area contributed by atoms with Gasteiger partial charge in [0.15, 0.2) is 0 Å². The number of rotatable bonds is 4. The van der Waals surface area contributed by atoms with Gasteiger partial charge in [0.2, 0.25) is 0 Å². The number of hydrogen-bond acceptors (Lipinski definition) is 2. The molecule has 0 fully saturated rings. The lowest BCUT2D eigenvalue weighted by atomic mass is 9.97. The monoisotopic (exact) mass is 338 g/mol. The van der Waals surface area contributed by atoms with E-state index in [1.807, 2.05) is 31.2 Å². The molecule has 0 saturated carbocycles. The predicted molar refractivity (Wildman–Crippen MR) is 80.5 cm³/mol. The van der Waals surface area contributed by atoms with Crippen LogP contribution in [0, 0.1) is 12.7 Å². The summed E-state index contributed by atoms with van der Waals surface area (Å²) in [6.07, 6.45) is -0.288. The third-order valence-electron chi connectivity index (χ3n) is 3.31. The van der Waals surface area contributed by atoms with Gasteiger partial charge in [0.25, 0.3) is 0 Å². The fourth-order valence-electron chi connectivity index (χ4n) is 2.14. The second-order valence-corrected chi connectivity index (χ2v) is 5.51. The molecule has 2 aromatic rings. The van der Waals surface area contributed by atoms with Crippen LogP contribution in [-0.2, 0) is 6.42 Å². The Hall–Kier alpha value is -1.39. The number of halogens is 2. The number of aryl methyl sites for hydroxylation is 1. The molecular formula is C16H16BrFO2. The zero-order valence-electron chi connectivity index (χ0n) is 11.4.